The average molecular weight is 321 g/mol. The number of hydrogen-bond donors (Lipinski definition) is 0. The van der Waals surface area contributed by atoms with E-state index in [1.54, 1.807) is 19.1 Å². The molecule has 0 N–H and O–H groups in total. The second-order valence-corrected chi connectivity index (χ2v) is 5.24. The van der Waals surface area contributed by atoms with Crippen LogP contribution in [0.3, 0.4) is 0 Å². The molecule has 0 radical (unpaired) electrons. The maximum atomic E-state index is 13.1. The van der Waals surface area contributed by atoms with Crippen molar-refractivity contribution < 1.29 is 27.4 Å². The van der Waals surface area contributed by atoms with Gasteiger partial charge in [0.25, 0.3) is 0 Å². The zero-order valence-electron chi connectivity index (χ0n) is 11.2. The number of rotatable bonds is 2. The largest absolute Gasteiger partial charge is 0.475 e. The molecule has 1 aliphatic heterocycles. The normalized spacial score (nSPS) is 19.1. The van der Waals surface area contributed by atoms with Gasteiger partial charge in [0.05, 0.1) is 5.57 Å². The maximum absolute atomic E-state index is 13.1. The first-order chi connectivity index (χ1) is 9.68. The van der Waals surface area contributed by atoms with Gasteiger partial charge in [0.1, 0.15) is 5.75 Å². The molecule has 0 spiro atoms. The molecule has 3 nitrogen and oxygen atoms in total. The Morgan fingerprint density at radius 1 is 1.43 bits per heavy atom. The molecule has 1 unspecified atom stereocenters. The molecule has 2 atom stereocenters. The van der Waals surface area contributed by atoms with Gasteiger partial charge < -0.3 is 9.47 Å². The molecule has 0 saturated heterocycles. The number of hydrogen-bond acceptors (Lipinski definition) is 3. The SMILES string of the molecule is Cc1ccc2c(c1)C=C(C(=O)OC(C)Cl)[C@@H](C(F)(F)F)O2. The molecule has 0 bridgehead atoms. The monoisotopic (exact) mass is 320 g/mol. The second kappa shape index (κ2) is 5.60. The van der Waals surface area contributed by atoms with E-state index in [0.29, 0.717) is 5.56 Å². The van der Waals surface area contributed by atoms with E-state index in [1.807, 2.05) is 0 Å². The molecule has 2 rings (SSSR count). The lowest BCUT2D eigenvalue weighted by atomic mass is 10.00. The van der Waals surface area contributed by atoms with Crippen LogP contribution in [-0.4, -0.2) is 23.8 Å². The van der Waals surface area contributed by atoms with Gasteiger partial charge in [0, 0.05) is 5.56 Å². The van der Waals surface area contributed by atoms with Gasteiger partial charge in [-0.1, -0.05) is 23.2 Å². The molecule has 0 fully saturated rings. The summed E-state index contributed by atoms with van der Waals surface area (Å²) in [5.74, 6) is -1.08. The van der Waals surface area contributed by atoms with Crippen LogP contribution in [0.5, 0.6) is 5.75 Å². The van der Waals surface area contributed by atoms with Crippen molar-refractivity contribution in [2.45, 2.75) is 31.7 Å². The van der Waals surface area contributed by atoms with E-state index < -0.39 is 29.4 Å². The highest BCUT2D eigenvalue weighted by Gasteiger charge is 2.49. The van der Waals surface area contributed by atoms with Gasteiger partial charge in [-0.3, -0.25) is 0 Å². The number of alkyl halides is 4. The fourth-order valence-corrected chi connectivity index (χ4v) is 2.03. The van der Waals surface area contributed by atoms with Crippen molar-refractivity contribution in [3.8, 4) is 5.75 Å². The number of carbonyl (C=O) groups is 1. The quantitative estimate of drug-likeness (QED) is 0.613. The van der Waals surface area contributed by atoms with E-state index in [4.69, 9.17) is 16.3 Å². The van der Waals surface area contributed by atoms with Crippen LogP contribution in [0.15, 0.2) is 23.8 Å². The van der Waals surface area contributed by atoms with Crippen LogP contribution in [0.25, 0.3) is 6.08 Å². The van der Waals surface area contributed by atoms with Crippen molar-refractivity contribution in [1.29, 1.82) is 0 Å². The maximum Gasteiger partial charge on any atom is 0.430 e. The number of esters is 1. The first-order valence-electron chi connectivity index (χ1n) is 6.09. The number of halogens is 4. The number of fused-ring (bicyclic) bond motifs is 1. The highest BCUT2D eigenvalue weighted by Crippen LogP contribution is 2.38. The number of carbonyl (C=O) groups excluding carboxylic acids is 1. The first kappa shape index (κ1) is 15.7. The summed E-state index contributed by atoms with van der Waals surface area (Å²) in [6.45, 7) is 3.12. The lowest BCUT2D eigenvalue weighted by Gasteiger charge is -2.28. The number of ether oxygens (including phenoxy) is 2. The Morgan fingerprint density at radius 2 is 2.10 bits per heavy atom. The van der Waals surface area contributed by atoms with E-state index in [1.165, 1.54) is 13.0 Å². The molecule has 21 heavy (non-hydrogen) atoms. The molecular formula is C14H12ClF3O3. The van der Waals surface area contributed by atoms with Gasteiger partial charge in [-0.2, -0.15) is 13.2 Å². The van der Waals surface area contributed by atoms with Gasteiger partial charge in [-0.15, -0.1) is 0 Å². The summed E-state index contributed by atoms with van der Waals surface area (Å²) in [5, 5.41) is 0. The predicted molar refractivity (Wildman–Crippen MR) is 71.0 cm³/mol. The Hall–Kier alpha value is -1.69. The highest BCUT2D eigenvalue weighted by molar-refractivity contribution is 6.20. The van der Waals surface area contributed by atoms with Crippen LogP contribution in [0, 0.1) is 6.92 Å². The topological polar surface area (TPSA) is 35.5 Å². The zero-order valence-corrected chi connectivity index (χ0v) is 12.0. The van der Waals surface area contributed by atoms with E-state index >= 15 is 0 Å². The summed E-state index contributed by atoms with van der Waals surface area (Å²) >= 11 is 5.49. The summed E-state index contributed by atoms with van der Waals surface area (Å²) in [5.41, 5.74) is -0.429. The second-order valence-electron chi connectivity index (χ2n) is 4.63. The molecule has 1 aromatic carbocycles. The van der Waals surface area contributed by atoms with Crippen LogP contribution < -0.4 is 4.74 Å². The summed E-state index contributed by atoms with van der Waals surface area (Å²) in [4.78, 5) is 11.8. The Kier molecular flexibility index (Phi) is 4.18. The van der Waals surface area contributed by atoms with Crippen LogP contribution >= 0.6 is 11.6 Å². The molecule has 1 heterocycles. The van der Waals surface area contributed by atoms with Crippen LogP contribution in [0.1, 0.15) is 18.1 Å². The minimum atomic E-state index is -4.73. The molecular weight excluding hydrogens is 309 g/mol. The minimum absolute atomic E-state index is 0.0680. The summed E-state index contributed by atoms with van der Waals surface area (Å²) in [6.07, 6.45) is -5.97. The Bertz CT molecular complexity index is 594. The lowest BCUT2D eigenvalue weighted by Crippen LogP contribution is -2.41. The Labute approximate surface area is 124 Å². The van der Waals surface area contributed by atoms with Crippen molar-refractivity contribution in [3.05, 3.63) is 34.9 Å². The number of benzene rings is 1. The van der Waals surface area contributed by atoms with Crippen molar-refractivity contribution >= 4 is 23.6 Å². The molecule has 0 saturated carbocycles. The van der Waals surface area contributed by atoms with E-state index in [0.717, 1.165) is 11.6 Å². The van der Waals surface area contributed by atoms with E-state index in [-0.39, 0.29) is 5.75 Å². The van der Waals surface area contributed by atoms with Gasteiger partial charge in [-0.25, -0.2) is 4.79 Å². The van der Waals surface area contributed by atoms with Gasteiger partial charge >= 0.3 is 12.1 Å². The van der Waals surface area contributed by atoms with Crippen molar-refractivity contribution in [1.82, 2.24) is 0 Å². The molecule has 0 aliphatic carbocycles. The predicted octanol–water partition coefficient (Wildman–Crippen LogP) is 3.83. The van der Waals surface area contributed by atoms with Gasteiger partial charge in [-0.05, 0) is 32.1 Å². The summed E-state index contributed by atoms with van der Waals surface area (Å²) in [6, 6.07) is 4.69. The fraction of sp³-hybridized carbons (Fsp3) is 0.357. The number of aryl methyl sites for hydroxylation is 1. The molecule has 114 valence electrons. The molecule has 0 aromatic heterocycles. The van der Waals surface area contributed by atoms with E-state index in [9.17, 15) is 18.0 Å². The molecule has 7 heteroatoms. The third kappa shape index (κ3) is 3.50. The average Bonchev–Trinajstić information content (AvgIpc) is 2.35. The fourth-order valence-electron chi connectivity index (χ4n) is 1.95. The van der Waals surface area contributed by atoms with Gasteiger partial charge in [0.15, 0.2) is 5.56 Å². The van der Waals surface area contributed by atoms with Crippen molar-refractivity contribution in [2.24, 2.45) is 0 Å². The molecule has 1 aliphatic rings. The molecule has 1 aromatic rings. The third-order valence-corrected chi connectivity index (χ3v) is 2.90. The molecule has 0 amide bonds. The third-order valence-electron chi connectivity index (χ3n) is 2.81. The van der Waals surface area contributed by atoms with Crippen molar-refractivity contribution in [3.63, 3.8) is 0 Å². The Morgan fingerprint density at radius 3 is 2.67 bits per heavy atom. The minimum Gasteiger partial charge on any atom is -0.475 e. The standard InChI is InChI=1S/C14H12ClF3O3/c1-7-3-4-11-9(5-7)6-10(13(19)20-8(2)15)12(21-11)14(16,17)18/h3-6,8,12H,1-2H3/t8?,12-/m0/s1. The summed E-state index contributed by atoms with van der Waals surface area (Å²) in [7, 11) is 0. The smallest absolute Gasteiger partial charge is 0.430 e. The van der Waals surface area contributed by atoms with E-state index in [2.05, 4.69) is 4.74 Å². The van der Waals surface area contributed by atoms with Gasteiger partial charge in [0.2, 0.25) is 6.10 Å². The zero-order chi connectivity index (χ0) is 15.8. The summed E-state index contributed by atoms with van der Waals surface area (Å²) < 4.78 is 48.7. The lowest BCUT2D eigenvalue weighted by molar-refractivity contribution is -0.188. The highest BCUT2D eigenvalue weighted by atomic mass is 35.5. The van der Waals surface area contributed by atoms with Crippen LogP contribution in [0.4, 0.5) is 13.2 Å². The van der Waals surface area contributed by atoms with Crippen LogP contribution in [-0.2, 0) is 9.53 Å². The Balaban J connectivity index is 2.46. The van der Waals surface area contributed by atoms with Crippen LogP contribution in [0.2, 0.25) is 0 Å². The first-order valence-corrected chi connectivity index (χ1v) is 6.53. The van der Waals surface area contributed by atoms with Crippen molar-refractivity contribution in [2.75, 3.05) is 0 Å².